The number of hydrogen-bond acceptors (Lipinski definition) is 5. The minimum absolute atomic E-state index is 0.257. The quantitative estimate of drug-likeness (QED) is 0.597. The maximum atomic E-state index is 12.7. The van der Waals surface area contributed by atoms with E-state index in [9.17, 15) is 4.79 Å². The number of carbonyl (C=O) groups excluding carboxylic acids is 1. The molecule has 1 N–H and O–H groups in total. The predicted molar refractivity (Wildman–Crippen MR) is 110 cm³/mol. The maximum absolute atomic E-state index is 12.7. The second-order valence-electron chi connectivity index (χ2n) is 6.75. The minimum atomic E-state index is -0.310. The molecule has 0 saturated carbocycles. The predicted octanol–water partition coefficient (Wildman–Crippen LogP) is 5.19. The lowest BCUT2D eigenvalue weighted by Gasteiger charge is -2.38. The average Bonchev–Trinajstić information content (AvgIpc) is 3.38. The Morgan fingerprint density at radius 3 is 2.75 bits per heavy atom. The van der Waals surface area contributed by atoms with Crippen LogP contribution < -0.4 is 5.32 Å². The van der Waals surface area contributed by atoms with Crippen LogP contribution in [0.15, 0.2) is 46.3 Å². The molecule has 3 heterocycles. The number of aromatic nitrogens is 1. The molecule has 0 unspecified atom stereocenters. The van der Waals surface area contributed by atoms with Crippen LogP contribution in [0.3, 0.4) is 0 Å². The van der Waals surface area contributed by atoms with Crippen molar-refractivity contribution >= 4 is 40.4 Å². The number of thiophene rings is 1. The van der Waals surface area contributed by atoms with E-state index in [-0.39, 0.29) is 17.0 Å². The third-order valence-corrected chi connectivity index (χ3v) is 6.48. The minimum Gasteiger partial charge on any atom is -0.381 e. The van der Waals surface area contributed by atoms with Gasteiger partial charge in [-0.2, -0.15) is 0 Å². The van der Waals surface area contributed by atoms with Crippen molar-refractivity contribution in [1.82, 2.24) is 10.5 Å². The summed E-state index contributed by atoms with van der Waals surface area (Å²) in [5, 5.41) is 10.1. The first-order valence-corrected chi connectivity index (χ1v) is 10.5. The highest BCUT2D eigenvalue weighted by Crippen LogP contribution is 2.39. The van der Waals surface area contributed by atoms with E-state index in [2.05, 4.69) is 10.5 Å². The monoisotopic (exact) mass is 436 g/mol. The Morgan fingerprint density at radius 1 is 1.21 bits per heavy atom. The number of rotatable bonds is 5. The first kappa shape index (κ1) is 19.5. The lowest BCUT2D eigenvalue weighted by molar-refractivity contribution is 0.0486. The molecule has 0 bridgehead atoms. The number of hydrogen-bond donors (Lipinski definition) is 1. The number of carbonyl (C=O) groups is 1. The summed E-state index contributed by atoms with van der Waals surface area (Å²) in [4.78, 5) is 13.6. The normalized spacial score (nSPS) is 16.1. The zero-order chi connectivity index (χ0) is 19.6. The number of halogens is 2. The summed E-state index contributed by atoms with van der Waals surface area (Å²) in [6.45, 7) is 1.65. The molecule has 146 valence electrons. The fraction of sp³-hybridized carbons (Fsp3) is 0.300. The van der Waals surface area contributed by atoms with Crippen molar-refractivity contribution in [3.05, 3.63) is 63.1 Å². The van der Waals surface area contributed by atoms with Gasteiger partial charge in [0.1, 0.15) is 0 Å². The van der Waals surface area contributed by atoms with E-state index in [1.807, 2.05) is 29.6 Å². The largest absolute Gasteiger partial charge is 0.381 e. The Hall–Kier alpha value is -1.86. The summed E-state index contributed by atoms with van der Waals surface area (Å²) in [7, 11) is 0. The summed E-state index contributed by atoms with van der Waals surface area (Å²) in [6.07, 6.45) is 1.52. The number of nitrogens with one attached hydrogen (secondary N) is 1. The maximum Gasteiger partial charge on any atom is 0.273 e. The van der Waals surface area contributed by atoms with Gasteiger partial charge in [0.25, 0.3) is 5.91 Å². The summed E-state index contributed by atoms with van der Waals surface area (Å²) in [5.41, 5.74) is 0.921. The van der Waals surface area contributed by atoms with Gasteiger partial charge in [-0.15, -0.1) is 11.3 Å². The first-order valence-electron chi connectivity index (χ1n) is 8.89. The summed E-state index contributed by atoms with van der Waals surface area (Å²) in [5.74, 6) is 0.309. The zero-order valence-corrected chi connectivity index (χ0v) is 17.2. The highest BCUT2D eigenvalue weighted by atomic mass is 35.5. The van der Waals surface area contributed by atoms with Crippen molar-refractivity contribution in [2.45, 2.75) is 18.3 Å². The van der Waals surface area contributed by atoms with Gasteiger partial charge < -0.3 is 14.6 Å². The van der Waals surface area contributed by atoms with Gasteiger partial charge in [0.2, 0.25) is 0 Å². The SMILES string of the molecule is O=C(NCC1(c2ccc(Cl)cc2Cl)CCOCC1)c1cc(-c2cccs2)on1. The standard InChI is InChI=1S/C20H18Cl2N2O3S/c21-13-3-4-14(15(22)10-13)20(5-7-26-8-6-20)12-23-19(25)16-11-17(27-24-16)18-2-1-9-28-18/h1-4,9-11H,5-8,12H2,(H,23,25). The van der Waals surface area contributed by atoms with E-state index in [0.29, 0.717) is 35.6 Å². The Kier molecular flexibility index (Phi) is 5.73. The van der Waals surface area contributed by atoms with Crippen LogP contribution in [0.25, 0.3) is 10.6 Å². The van der Waals surface area contributed by atoms with Crippen LogP contribution in [-0.4, -0.2) is 30.8 Å². The molecule has 1 aliphatic heterocycles. The summed E-state index contributed by atoms with van der Waals surface area (Å²) < 4.78 is 10.8. The van der Waals surface area contributed by atoms with Crippen molar-refractivity contribution in [1.29, 1.82) is 0 Å². The second-order valence-corrected chi connectivity index (χ2v) is 8.54. The molecule has 1 saturated heterocycles. The molecule has 4 rings (SSSR count). The van der Waals surface area contributed by atoms with Crippen molar-refractivity contribution in [2.24, 2.45) is 0 Å². The molecule has 1 fully saturated rings. The fourth-order valence-electron chi connectivity index (χ4n) is 3.48. The van der Waals surface area contributed by atoms with Gasteiger partial charge in [-0.25, -0.2) is 0 Å². The molecule has 3 aromatic rings. The third-order valence-electron chi connectivity index (χ3n) is 5.05. The smallest absolute Gasteiger partial charge is 0.273 e. The molecule has 28 heavy (non-hydrogen) atoms. The van der Waals surface area contributed by atoms with E-state index < -0.39 is 0 Å². The lowest BCUT2D eigenvalue weighted by Crippen LogP contribution is -2.44. The van der Waals surface area contributed by atoms with Crippen molar-refractivity contribution in [3.8, 4) is 10.6 Å². The van der Waals surface area contributed by atoms with Crippen LogP contribution in [0, 0.1) is 0 Å². The second kappa shape index (κ2) is 8.25. The van der Waals surface area contributed by atoms with Crippen LogP contribution in [0.5, 0.6) is 0 Å². The van der Waals surface area contributed by atoms with Gasteiger partial charge in [-0.1, -0.05) is 40.5 Å². The van der Waals surface area contributed by atoms with Gasteiger partial charge in [0.15, 0.2) is 11.5 Å². The molecule has 2 aromatic heterocycles. The number of nitrogens with zero attached hydrogens (tertiary/aromatic N) is 1. The molecule has 5 nitrogen and oxygen atoms in total. The van der Waals surface area contributed by atoms with Gasteiger partial charge in [-0.3, -0.25) is 4.79 Å². The van der Waals surface area contributed by atoms with Gasteiger partial charge in [0.05, 0.1) is 4.88 Å². The third kappa shape index (κ3) is 3.96. The molecule has 8 heteroatoms. The van der Waals surface area contributed by atoms with Crippen molar-refractivity contribution in [2.75, 3.05) is 19.8 Å². The van der Waals surface area contributed by atoms with Crippen LogP contribution in [0.2, 0.25) is 10.0 Å². The molecule has 1 amide bonds. The molecule has 0 aliphatic carbocycles. The summed E-state index contributed by atoms with van der Waals surface area (Å²) >= 11 is 14.1. The number of ether oxygens (including phenoxy) is 1. The van der Waals surface area contributed by atoms with Gasteiger partial charge in [0, 0.05) is 41.3 Å². The number of benzene rings is 1. The number of amides is 1. The van der Waals surface area contributed by atoms with Crippen LogP contribution in [0.4, 0.5) is 0 Å². The first-order chi connectivity index (χ1) is 13.6. The van der Waals surface area contributed by atoms with Crippen LogP contribution >= 0.6 is 34.5 Å². The van der Waals surface area contributed by atoms with E-state index >= 15 is 0 Å². The highest BCUT2D eigenvalue weighted by molar-refractivity contribution is 7.13. The Labute approximate surface area is 176 Å². The van der Waals surface area contributed by atoms with E-state index in [1.54, 1.807) is 12.1 Å². The Bertz CT molecular complexity index is 966. The van der Waals surface area contributed by atoms with Gasteiger partial charge in [-0.05, 0) is 42.0 Å². The lowest BCUT2D eigenvalue weighted by atomic mass is 9.74. The Balaban J connectivity index is 1.52. The van der Waals surface area contributed by atoms with Crippen LogP contribution in [-0.2, 0) is 10.2 Å². The molecule has 0 spiro atoms. The molecule has 0 radical (unpaired) electrons. The van der Waals surface area contributed by atoms with E-state index in [4.69, 9.17) is 32.5 Å². The van der Waals surface area contributed by atoms with E-state index in [1.165, 1.54) is 11.3 Å². The van der Waals surface area contributed by atoms with Crippen molar-refractivity contribution < 1.29 is 14.1 Å². The molecule has 1 aliphatic rings. The summed E-state index contributed by atoms with van der Waals surface area (Å²) in [6, 6.07) is 11.0. The molecular weight excluding hydrogens is 419 g/mol. The average molecular weight is 437 g/mol. The molecule has 0 atom stereocenters. The van der Waals surface area contributed by atoms with Crippen molar-refractivity contribution in [3.63, 3.8) is 0 Å². The Morgan fingerprint density at radius 2 is 2.04 bits per heavy atom. The van der Waals surface area contributed by atoms with E-state index in [0.717, 1.165) is 23.3 Å². The highest BCUT2D eigenvalue weighted by Gasteiger charge is 2.36. The zero-order valence-electron chi connectivity index (χ0n) is 14.9. The van der Waals surface area contributed by atoms with Gasteiger partial charge >= 0.3 is 0 Å². The van der Waals surface area contributed by atoms with Crippen LogP contribution in [0.1, 0.15) is 28.9 Å². The molecule has 1 aromatic carbocycles. The topological polar surface area (TPSA) is 64.4 Å². The fourth-order valence-corrected chi connectivity index (χ4v) is 4.76. The molecular formula is C20H18Cl2N2O3S.